The van der Waals surface area contributed by atoms with E-state index in [0.717, 1.165) is 28.6 Å². The maximum Gasteiger partial charge on any atom is 0.407 e. The molecule has 0 saturated carbocycles. The van der Waals surface area contributed by atoms with Crippen LogP contribution in [0.1, 0.15) is 59.9 Å². The van der Waals surface area contributed by atoms with Crippen LogP contribution in [0.4, 0.5) is 10.5 Å². The van der Waals surface area contributed by atoms with Crippen molar-refractivity contribution in [2.75, 3.05) is 11.9 Å². The summed E-state index contributed by atoms with van der Waals surface area (Å²) in [7, 11) is 0. The molecule has 2 N–H and O–H groups in total. The molecule has 0 spiro atoms. The number of benzene rings is 1. The summed E-state index contributed by atoms with van der Waals surface area (Å²) >= 11 is 3.44. The van der Waals surface area contributed by atoms with Crippen molar-refractivity contribution >= 4 is 33.6 Å². The highest BCUT2D eigenvalue weighted by molar-refractivity contribution is 9.10. The molecule has 6 heteroatoms. The van der Waals surface area contributed by atoms with Gasteiger partial charge in [-0.15, -0.1) is 0 Å². The predicted molar refractivity (Wildman–Crippen MR) is 107 cm³/mol. The highest BCUT2D eigenvalue weighted by Gasteiger charge is 2.15. The molecule has 0 fully saturated rings. The number of anilines is 1. The second-order valence-electron chi connectivity index (χ2n) is 6.24. The number of aryl methyl sites for hydroxylation is 1. The number of halogens is 1. The van der Waals surface area contributed by atoms with Gasteiger partial charge < -0.3 is 15.4 Å². The Bertz CT molecular complexity index is 554. The smallest absolute Gasteiger partial charge is 0.407 e. The summed E-state index contributed by atoms with van der Waals surface area (Å²) in [6.45, 7) is 11.8. The third kappa shape index (κ3) is 10.8. The number of alkyl carbamates (subject to hydrolysis) is 1. The second-order valence-corrected chi connectivity index (χ2v) is 7.15. The number of ether oxygens (including phenoxy) is 1. The molecule has 0 aliphatic carbocycles. The van der Waals surface area contributed by atoms with Crippen molar-refractivity contribution in [1.82, 2.24) is 5.32 Å². The van der Waals surface area contributed by atoms with Gasteiger partial charge in [0.2, 0.25) is 5.91 Å². The van der Waals surface area contributed by atoms with E-state index in [-0.39, 0.29) is 5.91 Å². The monoisotopic (exact) mass is 414 g/mol. The molecule has 5 nitrogen and oxygen atoms in total. The number of carbonyl (C=O) groups excluding carboxylic acids is 2. The molecule has 2 amide bonds. The van der Waals surface area contributed by atoms with Crippen LogP contribution in [0.25, 0.3) is 0 Å². The van der Waals surface area contributed by atoms with Crippen LogP contribution >= 0.6 is 15.9 Å². The standard InChI is InChI=1S/C17H25BrN2O3.C2H6/c1-5-15(21)20-14-9-8-13(18)11-12(14)7-6-10-19-16(22)23-17(2,3)4;1-2/h8-9,11H,5-7,10H2,1-4H3,(H,19,22)(H,20,21);1-2H3. The lowest BCUT2D eigenvalue weighted by molar-refractivity contribution is -0.115. The van der Waals surface area contributed by atoms with Gasteiger partial charge in [-0.1, -0.05) is 36.7 Å². The summed E-state index contributed by atoms with van der Waals surface area (Å²) in [4.78, 5) is 23.2. The maximum absolute atomic E-state index is 11.6. The molecule has 0 bridgehead atoms. The van der Waals surface area contributed by atoms with E-state index in [0.29, 0.717) is 13.0 Å². The highest BCUT2D eigenvalue weighted by Crippen LogP contribution is 2.22. The highest BCUT2D eigenvalue weighted by atomic mass is 79.9. The molecule has 0 unspecified atom stereocenters. The third-order valence-electron chi connectivity index (χ3n) is 2.95. The van der Waals surface area contributed by atoms with Crippen LogP contribution in [-0.2, 0) is 16.0 Å². The maximum atomic E-state index is 11.6. The van der Waals surface area contributed by atoms with Crippen LogP contribution in [0.2, 0.25) is 0 Å². The number of amides is 2. The predicted octanol–water partition coefficient (Wildman–Crippen LogP) is 5.28. The van der Waals surface area contributed by atoms with Crippen molar-refractivity contribution < 1.29 is 14.3 Å². The molecule has 25 heavy (non-hydrogen) atoms. The number of hydrogen-bond acceptors (Lipinski definition) is 3. The van der Waals surface area contributed by atoms with E-state index < -0.39 is 11.7 Å². The molecule has 142 valence electrons. The van der Waals surface area contributed by atoms with E-state index in [1.807, 2.05) is 59.7 Å². The minimum atomic E-state index is -0.494. The largest absolute Gasteiger partial charge is 0.444 e. The van der Waals surface area contributed by atoms with E-state index in [2.05, 4.69) is 26.6 Å². The Hall–Kier alpha value is -1.56. The Morgan fingerprint density at radius 1 is 1.20 bits per heavy atom. The van der Waals surface area contributed by atoms with Crippen LogP contribution in [0, 0.1) is 0 Å². The number of carbonyl (C=O) groups is 2. The van der Waals surface area contributed by atoms with E-state index >= 15 is 0 Å². The molecule has 0 aromatic heterocycles. The van der Waals surface area contributed by atoms with Gasteiger partial charge in [0, 0.05) is 23.1 Å². The van der Waals surface area contributed by atoms with Crippen LogP contribution in [0.5, 0.6) is 0 Å². The Morgan fingerprint density at radius 3 is 2.40 bits per heavy atom. The Kier molecular flexibility index (Phi) is 11.2. The van der Waals surface area contributed by atoms with E-state index in [4.69, 9.17) is 4.74 Å². The molecule has 0 heterocycles. The average molecular weight is 415 g/mol. The van der Waals surface area contributed by atoms with E-state index in [1.165, 1.54) is 0 Å². The van der Waals surface area contributed by atoms with Crippen LogP contribution in [0.3, 0.4) is 0 Å². The van der Waals surface area contributed by atoms with Gasteiger partial charge in [-0.05, 0) is 57.4 Å². The zero-order valence-electron chi connectivity index (χ0n) is 16.2. The zero-order valence-corrected chi connectivity index (χ0v) is 17.7. The zero-order chi connectivity index (χ0) is 19.5. The van der Waals surface area contributed by atoms with E-state index in [9.17, 15) is 9.59 Å². The first-order valence-electron chi connectivity index (χ1n) is 8.76. The van der Waals surface area contributed by atoms with Crippen LogP contribution in [0.15, 0.2) is 22.7 Å². The SMILES string of the molecule is CC.CCC(=O)Nc1ccc(Br)cc1CCCNC(=O)OC(C)(C)C. The van der Waals surface area contributed by atoms with Gasteiger partial charge in [0.1, 0.15) is 5.60 Å². The fourth-order valence-electron chi connectivity index (χ4n) is 1.91. The average Bonchev–Trinajstić information content (AvgIpc) is 2.54. The lowest BCUT2D eigenvalue weighted by atomic mass is 10.1. The summed E-state index contributed by atoms with van der Waals surface area (Å²) in [6, 6.07) is 5.76. The molecule has 0 aliphatic rings. The molecular weight excluding hydrogens is 384 g/mol. The first-order chi connectivity index (χ1) is 11.7. The third-order valence-corrected chi connectivity index (χ3v) is 3.45. The minimum Gasteiger partial charge on any atom is -0.444 e. The lowest BCUT2D eigenvalue weighted by Crippen LogP contribution is -2.33. The molecule has 1 rings (SSSR count). The molecule has 0 aliphatic heterocycles. The summed E-state index contributed by atoms with van der Waals surface area (Å²) in [5, 5.41) is 5.63. The number of rotatable bonds is 6. The van der Waals surface area contributed by atoms with Gasteiger partial charge in [0.15, 0.2) is 0 Å². The van der Waals surface area contributed by atoms with Gasteiger partial charge in [0.05, 0.1) is 0 Å². The van der Waals surface area contributed by atoms with Gasteiger partial charge in [-0.3, -0.25) is 4.79 Å². The number of hydrogen-bond donors (Lipinski definition) is 2. The Balaban J connectivity index is 0.00000277. The normalized spacial score (nSPS) is 10.4. The first kappa shape index (κ1) is 23.4. The van der Waals surface area contributed by atoms with Crippen molar-refractivity contribution in [1.29, 1.82) is 0 Å². The van der Waals surface area contributed by atoms with Gasteiger partial charge in [0.25, 0.3) is 0 Å². The quantitative estimate of drug-likeness (QED) is 0.621. The fraction of sp³-hybridized carbons (Fsp3) is 0.579. The fourth-order valence-corrected chi connectivity index (χ4v) is 2.32. The van der Waals surface area contributed by atoms with Crippen molar-refractivity contribution in [2.24, 2.45) is 0 Å². The minimum absolute atomic E-state index is 0.0135. The van der Waals surface area contributed by atoms with Crippen molar-refractivity contribution in [3.63, 3.8) is 0 Å². The molecule has 0 atom stereocenters. The summed E-state index contributed by atoms with van der Waals surface area (Å²) in [5.74, 6) is -0.0135. The van der Waals surface area contributed by atoms with Crippen molar-refractivity contribution in [2.45, 2.75) is 66.4 Å². The molecule has 1 aromatic carbocycles. The van der Waals surface area contributed by atoms with Crippen molar-refractivity contribution in [3.8, 4) is 0 Å². The van der Waals surface area contributed by atoms with Gasteiger partial charge in [-0.25, -0.2) is 4.79 Å². The van der Waals surface area contributed by atoms with Gasteiger partial charge in [-0.2, -0.15) is 0 Å². The van der Waals surface area contributed by atoms with Crippen LogP contribution < -0.4 is 10.6 Å². The Labute approximate surface area is 160 Å². The Morgan fingerprint density at radius 2 is 1.84 bits per heavy atom. The molecule has 0 saturated heterocycles. The summed E-state index contributed by atoms with van der Waals surface area (Å²) in [6.07, 6.45) is 1.53. The topological polar surface area (TPSA) is 67.4 Å². The summed E-state index contributed by atoms with van der Waals surface area (Å²) in [5.41, 5.74) is 1.36. The summed E-state index contributed by atoms with van der Waals surface area (Å²) < 4.78 is 6.15. The second kappa shape index (κ2) is 11.9. The van der Waals surface area contributed by atoms with Crippen LogP contribution in [-0.4, -0.2) is 24.1 Å². The molecule has 0 radical (unpaired) electrons. The first-order valence-corrected chi connectivity index (χ1v) is 9.55. The molecular formula is C19H31BrN2O3. The van der Waals surface area contributed by atoms with E-state index in [1.54, 1.807) is 0 Å². The number of nitrogens with one attached hydrogen (secondary N) is 2. The van der Waals surface area contributed by atoms with Crippen molar-refractivity contribution in [3.05, 3.63) is 28.2 Å². The molecule has 1 aromatic rings. The lowest BCUT2D eigenvalue weighted by Gasteiger charge is -2.19. The van der Waals surface area contributed by atoms with Gasteiger partial charge >= 0.3 is 6.09 Å².